The number of carbonyl (C=O) groups excluding carboxylic acids is 1. The fourth-order valence-electron chi connectivity index (χ4n) is 1.77. The molecular weight excluding hydrogens is 203 g/mol. The summed E-state index contributed by atoms with van der Waals surface area (Å²) in [5.74, 6) is -0.454. The highest BCUT2D eigenvalue weighted by Crippen LogP contribution is 2.30. The first kappa shape index (κ1) is 15.3. The van der Waals surface area contributed by atoms with Crippen LogP contribution in [0.3, 0.4) is 0 Å². The fraction of sp³-hybridized carbons (Fsp3) is 0.786. The number of carbonyl (C=O) groups is 1. The molecule has 0 amide bonds. The van der Waals surface area contributed by atoms with E-state index in [4.69, 9.17) is 0 Å². The number of unbranched alkanes of at least 4 members (excludes halogenated alkanes) is 3. The van der Waals surface area contributed by atoms with Crippen LogP contribution in [0.4, 0.5) is 4.39 Å². The smallest absolute Gasteiger partial charge is 0.164 e. The van der Waals surface area contributed by atoms with Crippen molar-refractivity contribution in [2.75, 3.05) is 0 Å². The summed E-state index contributed by atoms with van der Waals surface area (Å²) in [7, 11) is 0. The quantitative estimate of drug-likeness (QED) is 0.430. The van der Waals surface area contributed by atoms with Crippen LogP contribution in [0, 0.1) is 5.41 Å². The minimum atomic E-state index is -0.391. The zero-order valence-corrected chi connectivity index (χ0v) is 11.1. The van der Waals surface area contributed by atoms with E-state index in [0.717, 1.165) is 31.8 Å². The van der Waals surface area contributed by atoms with Gasteiger partial charge in [-0.3, -0.25) is 4.79 Å². The average Bonchev–Trinajstić information content (AvgIpc) is 2.23. The van der Waals surface area contributed by atoms with Crippen molar-refractivity contribution >= 4 is 5.78 Å². The average molecular weight is 228 g/mol. The molecule has 1 atom stereocenters. The minimum absolute atomic E-state index is 0.0634. The molecular formula is C14H25FO. The first-order valence-corrected chi connectivity index (χ1v) is 6.34. The Hall–Kier alpha value is -0.660. The highest BCUT2D eigenvalue weighted by molar-refractivity contribution is 5.94. The van der Waals surface area contributed by atoms with Crippen LogP contribution in [0.25, 0.3) is 0 Å². The van der Waals surface area contributed by atoms with Crippen molar-refractivity contribution in [2.45, 2.75) is 66.2 Å². The van der Waals surface area contributed by atoms with Gasteiger partial charge in [-0.1, -0.05) is 46.5 Å². The Morgan fingerprint density at radius 3 is 2.31 bits per heavy atom. The first-order valence-electron chi connectivity index (χ1n) is 6.34. The molecule has 0 aromatic carbocycles. The van der Waals surface area contributed by atoms with Crippen molar-refractivity contribution < 1.29 is 9.18 Å². The van der Waals surface area contributed by atoms with Gasteiger partial charge in [0.05, 0.1) is 0 Å². The lowest BCUT2D eigenvalue weighted by molar-refractivity contribution is -0.123. The molecule has 0 aliphatic carbocycles. The maximum absolute atomic E-state index is 12.7. The molecule has 1 unspecified atom stereocenters. The summed E-state index contributed by atoms with van der Waals surface area (Å²) in [6.07, 6.45) is 7.42. The molecule has 0 saturated heterocycles. The molecule has 0 aliphatic heterocycles. The number of rotatable bonds is 8. The molecule has 0 spiro atoms. The zero-order valence-electron chi connectivity index (χ0n) is 11.1. The summed E-state index contributed by atoms with van der Waals surface area (Å²) < 4.78 is 12.7. The molecule has 0 aliphatic rings. The van der Waals surface area contributed by atoms with Gasteiger partial charge in [-0.25, -0.2) is 4.39 Å². The fourth-order valence-corrected chi connectivity index (χ4v) is 1.77. The molecule has 0 N–H and O–H groups in total. The van der Waals surface area contributed by atoms with Crippen LogP contribution in [0.2, 0.25) is 0 Å². The molecule has 0 aromatic rings. The monoisotopic (exact) mass is 228 g/mol. The Balaban J connectivity index is 4.30. The van der Waals surface area contributed by atoms with Crippen molar-refractivity contribution in [3.05, 3.63) is 11.9 Å². The molecule has 0 heterocycles. The van der Waals surface area contributed by atoms with Crippen molar-refractivity contribution in [1.29, 1.82) is 0 Å². The molecule has 0 rings (SSSR count). The van der Waals surface area contributed by atoms with Crippen LogP contribution < -0.4 is 0 Å². The van der Waals surface area contributed by atoms with E-state index in [0.29, 0.717) is 0 Å². The van der Waals surface area contributed by atoms with Crippen molar-refractivity contribution in [2.24, 2.45) is 5.41 Å². The Bertz CT molecular complexity index is 241. The molecule has 0 aromatic heterocycles. The van der Waals surface area contributed by atoms with E-state index in [1.165, 1.54) is 19.8 Å². The topological polar surface area (TPSA) is 17.1 Å². The van der Waals surface area contributed by atoms with E-state index in [9.17, 15) is 9.18 Å². The second-order valence-electron chi connectivity index (χ2n) is 4.82. The maximum Gasteiger partial charge on any atom is 0.164 e. The first-order chi connectivity index (χ1) is 7.46. The Labute approximate surface area is 99.1 Å². The van der Waals surface area contributed by atoms with Gasteiger partial charge in [-0.2, -0.15) is 0 Å². The van der Waals surface area contributed by atoms with E-state index in [1.807, 2.05) is 13.8 Å². The van der Waals surface area contributed by atoms with E-state index in [2.05, 4.69) is 6.92 Å². The lowest BCUT2D eigenvalue weighted by Gasteiger charge is -2.25. The molecule has 0 saturated carbocycles. The maximum atomic E-state index is 12.7. The minimum Gasteiger partial charge on any atom is -0.294 e. The molecule has 2 heteroatoms. The number of hydrogen-bond acceptors (Lipinski definition) is 1. The zero-order chi connectivity index (χ0) is 12.6. The molecule has 94 valence electrons. The van der Waals surface area contributed by atoms with Crippen molar-refractivity contribution in [3.63, 3.8) is 0 Å². The standard InChI is InChI=1S/C14H25FO/c1-5-7-8-9-10-14(4,6-2)13(16)11-12(3)15/h11H,5-10H2,1-4H3/b12-11-. The van der Waals surface area contributed by atoms with Crippen LogP contribution >= 0.6 is 0 Å². The lowest BCUT2D eigenvalue weighted by Crippen LogP contribution is -2.25. The number of ketones is 1. The summed E-state index contributed by atoms with van der Waals surface area (Å²) in [4.78, 5) is 11.9. The van der Waals surface area contributed by atoms with E-state index in [1.54, 1.807) is 0 Å². The van der Waals surface area contributed by atoms with Crippen molar-refractivity contribution in [1.82, 2.24) is 0 Å². The van der Waals surface area contributed by atoms with Crippen LogP contribution in [0.15, 0.2) is 11.9 Å². The second-order valence-corrected chi connectivity index (χ2v) is 4.82. The SMILES string of the molecule is CCCCCCC(C)(CC)C(=O)/C=C(/C)F. The highest BCUT2D eigenvalue weighted by atomic mass is 19.1. The number of hydrogen-bond donors (Lipinski definition) is 0. The summed E-state index contributed by atoms with van der Waals surface area (Å²) in [5.41, 5.74) is -0.374. The summed E-state index contributed by atoms with van der Waals surface area (Å²) >= 11 is 0. The third-order valence-electron chi connectivity index (χ3n) is 3.29. The number of halogens is 1. The Morgan fingerprint density at radius 1 is 1.25 bits per heavy atom. The van der Waals surface area contributed by atoms with Gasteiger partial charge in [0.15, 0.2) is 5.78 Å². The normalized spacial score (nSPS) is 15.9. The Morgan fingerprint density at radius 2 is 1.88 bits per heavy atom. The van der Waals surface area contributed by atoms with Gasteiger partial charge >= 0.3 is 0 Å². The van der Waals surface area contributed by atoms with Crippen LogP contribution in [-0.4, -0.2) is 5.78 Å². The summed E-state index contributed by atoms with van der Waals surface area (Å²) in [6.45, 7) is 7.43. The Kier molecular flexibility index (Phi) is 7.27. The van der Waals surface area contributed by atoms with Crippen LogP contribution in [0.1, 0.15) is 66.2 Å². The molecule has 0 radical (unpaired) electrons. The predicted molar refractivity (Wildman–Crippen MR) is 67.0 cm³/mol. The van der Waals surface area contributed by atoms with Gasteiger partial charge < -0.3 is 0 Å². The van der Waals surface area contributed by atoms with Crippen LogP contribution in [-0.2, 0) is 4.79 Å². The molecule has 0 fully saturated rings. The van der Waals surface area contributed by atoms with E-state index in [-0.39, 0.29) is 11.2 Å². The molecule has 16 heavy (non-hydrogen) atoms. The van der Waals surface area contributed by atoms with Gasteiger partial charge in [0.25, 0.3) is 0 Å². The van der Waals surface area contributed by atoms with E-state index >= 15 is 0 Å². The van der Waals surface area contributed by atoms with E-state index < -0.39 is 5.83 Å². The third-order valence-corrected chi connectivity index (χ3v) is 3.29. The molecule has 1 nitrogen and oxygen atoms in total. The van der Waals surface area contributed by atoms with Gasteiger partial charge in [0.2, 0.25) is 0 Å². The van der Waals surface area contributed by atoms with Gasteiger partial charge in [-0.15, -0.1) is 0 Å². The molecule has 0 bridgehead atoms. The predicted octanol–water partition coefficient (Wildman–Crippen LogP) is 4.82. The largest absolute Gasteiger partial charge is 0.294 e. The number of allylic oxidation sites excluding steroid dienone is 2. The third kappa shape index (κ3) is 5.43. The summed E-state index contributed by atoms with van der Waals surface area (Å²) in [5, 5.41) is 0. The van der Waals surface area contributed by atoms with Gasteiger partial charge in [-0.05, 0) is 19.8 Å². The summed E-state index contributed by atoms with van der Waals surface area (Å²) in [6, 6.07) is 0. The van der Waals surface area contributed by atoms with Crippen LogP contribution in [0.5, 0.6) is 0 Å². The second kappa shape index (κ2) is 7.59. The lowest BCUT2D eigenvalue weighted by atomic mass is 9.78. The highest BCUT2D eigenvalue weighted by Gasteiger charge is 2.28. The van der Waals surface area contributed by atoms with Gasteiger partial charge in [0.1, 0.15) is 5.83 Å². The van der Waals surface area contributed by atoms with Gasteiger partial charge in [0, 0.05) is 11.5 Å². The van der Waals surface area contributed by atoms with Crippen molar-refractivity contribution in [3.8, 4) is 0 Å².